The van der Waals surface area contributed by atoms with E-state index in [-0.39, 0.29) is 18.1 Å². The summed E-state index contributed by atoms with van der Waals surface area (Å²) in [6.45, 7) is 1.75. The van der Waals surface area contributed by atoms with Crippen LogP contribution >= 0.6 is 11.3 Å². The number of nitrogens with zero attached hydrogens (tertiary/aromatic N) is 1. The first-order valence-electron chi connectivity index (χ1n) is 6.49. The van der Waals surface area contributed by atoms with Crippen molar-refractivity contribution in [3.63, 3.8) is 0 Å². The highest BCUT2D eigenvalue weighted by Gasteiger charge is 2.15. The first kappa shape index (κ1) is 14.3. The highest BCUT2D eigenvalue weighted by Crippen LogP contribution is 2.23. The first-order chi connectivity index (χ1) is 10.5. The molecule has 112 valence electrons. The fourth-order valence-electron chi connectivity index (χ4n) is 2.20. The monoisotopic (exact) mass is 316 g/mol. The molecule has 2 heterocycles. The lowest BCUT2D eigenvalue weighted by Gasteiger charge is -2.07. The predicted octanol–water partition coefficient (Wildman–Crippen LogP) is 2.44. The Morgan fingerprint density at radius 1 is 1.45 bits per heavy atom. The average Bonchev–Trinajstić information content (AvgIpc) is 2.96. The van der Waals surface area contributed by atoms with E-state index in [9.17, 15) is 14.7 Å². The lowest BCUT2D eigenvalue weighted by Crippen LogP contribution is -2.20. The molecule has 0 radical (unpaired) electrons. The highest BCUT2D eigenvalue weighted by molar-refractivity contribution is 7.13. The fourth-order valence-corrected chi connectivity index (χ4v) is 2.74. The number of phenolic OH excluding ortho intramolecular Hbond substituents is 1. The SMILES string of the molecule is Cc1c(CC(=O)Nc2nccs2)c(=O)oc2cc(O)ccc12. The van der Waals surface area contributed by atoms with E-state index in [2.05, 4.69) is 10.3 Å². The summed E-state index contributed by atoms with van der Waals surface area (Å²) in [7, 11) is 0. The van der Waals surface area contributed by atoms with Crippen LogP contribution in [-0.2, 0) is 11.2 Å². The van der Waals surface area contributed by atoms with Crippen LogP contribution < -0.4 is 10.9 Å². The molecule has 2 aromatic heterocycles. The Kier molecular flexibility index (Phi) is 3.64. The molecule has 0 fully saturated rings. The van der Waals surface area contributed by atoms with Gasteiger partial charge in [-0.25, -0.2) is 9.78 Å². The number of hydrogen-bond acceptors (Lipinski definition) is 6. The summed E-state index contributed by atoms with van der Waals surface area (Å²) in [5.41, 5.74) is 0.684. The number of thiazole rings is 1. The maximum atomic E-state index is 12.1. The van der Waals surface area contributed by atoms with Crippen molar-refractivity contribution in [3.05, 3.63) is 51.3 Å². The van der Waals surface area contributed by atoms with Gasteiger partial charge in [-0.1, -0.05) is 0 Å². The number of amides is 1. The molecular formula is C15H12N2O4S. The van der Waals surface area contributed by atoms with E-state index in [1.165, 1.54) is 23.5 Å². The van der Waals surface area contributed by atoms with E-state index in [4.69, 9.17) is 4.42 Å². The predicted molar refractivity (Wildman–Crippen MR) is 83.3 cm³/mol. The molecule has 1 amide bonds. The average molecular weight is 316 g/mol. The molecule has 0 unspecified atom stereocenters. The topological polar surface area (TPSA) is 92.4 Å². The summed E-state index contributed by atoms with van der Waals surface area (Å²) in [6.07, 6.45) is 1.49. The Hall–Kier alpha value is -2.67. The summed E-state index contributed by atoms with van der Waals surface area (Å²) < 4.78 is 5.18. The Morgan fingerprint density at radius 2 is 2.27 bits per heavy atom. The zero-order valence-electron chi connectivity index (χ0n) is 11.6. The van der Waals surface area contributed by atoms with Crippen molar-refractivity contribution in [1.29, 1.82) is 0 Å². The van der Waals surface area contributed by atoms with Crippen LogP contribution in [-0.4, -0.2) is 16.0 Å². The second-order valence-electron chi connectivity index (χ2n) is 4.74. The Morgan fingerprint density at radius 3 is 3.00 bits per heavy atom. The van der Waals surface area contributed by atoms with Gasteiger partial charge in [-0.2, -0.15) is 0 Å². The fraction of sp³-hybridized carbons (Fsp3) is 0.133. The number of aryl methyl sites for hydroxylation is 1. The number of benzene rings is 1. The van der Waals surface area contributed by atoms with E-state index < -0.39 is 5.63 Å². The van der Waals surface area contributed by atoms with Gasteiger partial charge >= 0.3 is 5.63 Å². The third-order valence-corrected chi connectivity index (χ3v) is 3.98. The molecule has 0 aliphatic carbocycles. The summed E-state index contributed by atoms with van der Waals surface area (Å²) in [4.78, 5) is 28.0. The van der Waals surface area contributed by atoms with Gasteiger partial charge in [0.05, 0.1) is 12.0 Å². The van der Waals surface area contributed by atoms with Gasteiger partial charge in [0.15, 0.2) is 5.13 Å². The second-order valence-corrected chi connectivity index (χ2v) is 5.63. The van der Waals surface area contributed by atoms with E-state index in [0.717, 1.165) is 0 Å². The molecule has 3 aromatic rings. The molecule has 0 atom stereocenters. The van der Waals surface area contributed by atoms with Crippen molar-refractivity contribution >= 4 is 33.3 Å². The number of anilines is 1. The van der Waals surface area contributed by atoms with Gasteiger partial charge in [0.2, 0.25) is 5.91 Å². The van der Waals surface area contributed by atoms with Crippen molar-refractivity contribution in [1.82, 2.24) is 4.98 Å². The molecule has 2 N–H and O–H groups in total. The zero-order valence-corrected chi connectivity index (χ0v) is 12.4. The van der Waals surface area contributed by atoms with Gasteiger partial charge in [-0.3, -0.25) is 4.79 Å². The van der Waals surface area contributed by atoms with E-state index in [1.54, 1.807) is 24.6 Å². The van der Waals surface area contributed by atoms with Crippen molar-refractivity contribution in [3.8, 4) is 5.75 Å². The summed E-state index contributed by atoms with van der Waals surface area (Å²) in [5, 5.41) is 15.0. The Bertz CT molecular complexity index is 900. The summed E-state index contributed by atoms with van der Waals surface area (Å²) >= 11 is 1.30. The number of carbonyl (C=O) groups is 1. The van der Waals surface area contributed by atoms with Gasteiger partial charge in [-0.05, 0) is 24.6 Å². The third-order valence-electron chi connectivity index (χ3n) is 3.29. The lowest BCUT2D eigenvalue weighted by molar-refractivity contribution is -0.115. The number of carbonyl (C=O) groups excluding carboxylic acids is 1. The summed E-state index contributed by atoms with van der Waals surface area (Å²) in [5.74, 6) is -0.312. The molecule has 7 heteroatoms. The first-order valence-corrected chi connectivity index (χ1v) is 7.37. The maximum Gasteiger partial charge on any atom is 0.340 e. The number of hydrogen-bond donors (Lipinski definition) is 2. The molecule has 3 rings (SSSR count). The number of nitrogens with one attached hydrogen (secondary N) is 1. The lowest BCUT2D eigenvalue weighted by atomic mass is 10.0. The molecule has 0 saturated heterocycles. The van der Waals surface area contributed by atoms with E-state index in [0.29, 0.717) is 27.2 Å². The second kappa shape index (κ2) is 5.61. The van der Waals surface area contributed by atoms with Gasteiger partial charge in [0.1, 0.15) is 11.3 Å². The highest BCUT2D eigenvalue weighted by atomic mass is 32.1. The van der Waals surface area contributed by atoms with Crippen LogP contribution in [0.5, 0.6) is 5.75 Å². The maximum absolute atomic E-state index is 12.1. The molecule has 1 aromatic carbocycles. The Balaban J connectivity index is 1.95. The molecule has 0 saturated carbocycles. The van der Waals surface area contributed by atoms with Gasteiger partial charge < -0.3 is 14.8 Å². The minimum absolute atomic E-state index is 0.0179. The third kappa shape index (κ3) is 2.71. The van der Waals surface area contributed by atoms with Crippen molar-refractivity contribution in [2.24, 2.45) is 0 Å². The smallest absolute Gasteiger partial charge is 0.340 e. The minimum Gasteiger partial charge on any atom is -0.508 e. The number of aromatic nitrogens is 1. The standard InChI is InChI=1S/C15H12N2O4S/c1-8-10-3-2-9(18)6-12(10)21-14(20)11(8)7-13(19)17-15-16-4-5-22-15/h2-6,18H,7H2,1H3,(H,16,17,19). The van der Waals surface area contributed by atoms with Crippen LogP contribution in [0.4, 0.5) is 5.13 Å². The van der Waals surface area contributed by atoms with Crippen molar-refractivity contribution in [2.45, 2.75) is 13.3 Å². The summed E-state index contributed by atoms with van der Waals surface area (Å²) in [6, 6.07) is 4.54. The molecule has 0 spiro atoms. The van der Waals surface area contributed by atoms with Crippen LogP contribution in [0, 0.1) is 6.92 Å². The molecule has 0 aliphatic heterocycles. The van der Waals surface area contributed by atoms with Crippen molar-refractivity contribution < 1.29 is 14.3 Å². The number of aromatic hydroxyl groups is 1. The molecule has 0 bridgehead atoms. The van der Waals surface area contributed by atoms with E-state index in [1.807, 2.05) is 0 Å². The zero-order chi connectivity index (χ0) is 15.7. The van der Waals surface area contributed by atoms with Crippen LogP contribution in [0.15, 0.2) is 39.0 Å². The minimum atomic E-state index is -0.579. The van der Waals surface area contributed by atoms with Gasteiger partial charge in [0, 0.05) is 23.0 Å². The van der Waals surface area contributed by atoms with Crippen LogP contribution in [0.3, 0.4) is 0 Å². The largest absolute Gasteiger partial charge is 0.508 e. The number of rotatable bonds is 3. The normalized spacial score (nSPS) is 10.8. The van der Waals surface area contributed by atoms with Crippen LogP contribution in [0.1, 0.15) is 11.1 Å². The van der Waals surface area contributed by atoms with E-state index >= 15 is 0 Å². The van der Waals surface area contributed by atoms with Gasteiger partial charge in [-0.15, -0.1) is 11.3 Å². The number of fused-ring (bicyclic) bond motifs is 1. The molecule has 22 heavy (non-hydrogen) atoms. The van der Waals surface area contributed by atoms with Crippen molar-refractivity contribution in [2.75, 3.05) is 5.32 Å². The quantitative estimate of drug-likeness (QED) is 0.724. The van der Waals surface area contributed by atoms with Crippen LogP contribution in [0.25, 0.3) is 11.0 Å². The van der Waals surface area contributed by atoms with Gasteiger partial charge in [0.25, 0.3) is 0 Å². The number of phenols is 1. The molecule has 6 nitrogen and oxygen atoms in total. The molecular weight excluding hydrogens is 304 g/mol. The Labute approximate surface area is 129 Å². The molecule has 0 aliphatic rings. The van der Waals surface area contributed by atoms with Crippen LogP contribution in [0.2, 0.25) is 0 Å².